The largest absolute Gasteiger partial charge is 0.286 e. The van der Waals surface area contributed by atoms with Gasteiger partial charge in [0.15, 0.2) is 0 Å². The average molecular weight is 340 g/mol. The van der Waals surface area contributed by atoms with Gasteiger partial charge in [0.25, 0.3) is 11.8 Å². The number of unbranched alkanes of at least 4 members (excludes halogenated alkanes) is 2. The van der Waals surface area contributed by atoms with Crippen molar-refractivity contribution in [2.75, 3.05) is 13.1 Å². The molecule has 0 saturated carbocycles. The number of carbonyl (C=O) groups is 3. The zero-order chi connectivity index (χ0) is 18.0. The van der Waals surface area contributed by atoms with Gasteiger partial charge in [-0.05, 0) is 36.8 Å². The minimum absolute atomic E-state index is 0.249. The second-order valence-electron chi connectivity index (χ2n) is 6.17. The Labute approximate surface area is 145 Å². The summed E-state index contributed by atoms with van der Waals surface area (Å²) in [7, 11) is 0. The van der Waals surface area contributed by atoms with Crippen molar-refractivity contribution >= 4 is 28.5 Å². The highest BCUT2D eigenvalue weighted by Crippen LogP contribution is 2.30. The molecule has 0 spiro atoms. The van der Waals surface area contributed by atoms with E-state index in [9.17, 15) is 19.6 Å². The van der Waals surface area contributed by atoms with E-state index in [1.807, 2.05) is 24.3 Å². The van der Waals surface area contributed by atoms with Crippen molar-refractivity contribution < 1.29 is 19.6 Å². The Hall–Kier alpha value is -2.73. The predicted octanol–water partition coefficient (Wildman–Crippen LogP) is 2.84. The maximum Gasteiger partial charge on any atom is 0.261 e. The van der Waals surface area contributed by atoms with E-state index in [1.165, 1.54) is 11.8 Å². The molecule has 2 aromatic carbocycles. The van der Waals surface area contributed by atoms with Gasteiger partial charge in [-0.1, -0.05) is 24.3 Å². The maximum atomic E-state index is 12.7. The van der Waals surface area contributed by atoms with E-state index in [0.717, 1.165) is 10.8 Å². The minimum atomic E-state index is -0.397. The molecular weight excluding hydrogens is 320 g/mol. The molecule has 1 aliphatic heterocycles. The van der Waals surface area contributed by atoms with Crippen LogP contribution in [0.25, 0.3) is 10.8 Å². The molecular formula is C19H20N2O4. The minimum Gasteiger partial charge on any atom is -0.286 e. The summed E-state index contributed by atoms with van der Waals surface area (Å²) in [6.45, 7) is 1.87. The SMILES string of the molecule is CC(=O)N(O)CCCCCN1C(=O)c2cccc3cccc(c23)C1=O. The quantitative estimate of drug-likeness (QED) is 0.380. The number of imide groups is 1. The van der Waals surface area contributed by atoms with Crippen LogP contribution in [0.5, 0.6) is 0 Å². The van der Waals surface area contributed by atoms with Gasteiger partial charge in [-0.25, -0.2) is 5.06 Å². The van der Waals surface area contributed by atoms with Crippen molar-refractivity contribution in [3.05, 3.63) is 47.5 Å². The molecule has 3 rings (SSSR count). The van der Waals surface area contributed by atoms with Crippen LogP contribution < -0.4 is 0 Å². The zero-order valence-corrected chi connectivity index (χ0v) is 14.1. The Balaban J connectivity index is 1.67. The molecule has 0 aliphatic carbocycles. The van der Waals surface area contributed by atoms with Gasteiger partial charge in [0.1, 0.15) is 0 Å². The third-order valence-corrected chi connectivity index (χ3v) is 4.47. The van der Waals surface area contributed by atoms with Crippen LogP contribution in [0, 0.1) is 0 Å². The van der Waals surface area contributed by atoms with Crippen molar-refractivity contribution in [2.45, 2.75) is 26.2 Å². The van der Waals surface area contributed by atoms with Gasteiger partial charge >= 0.3 is 0 Å². The lowest BCUT2D eigenvalue weighted by Gasteiger charge is -2.27. The standard InChI is InChI=1S/C19H20N2O4/c1-13(22)21(25)12-4-2-3-11-20-18(23)15-9-5-7-14-8-6-10-16(17(14)15)19(20)24/h5-10,25H,2-4,11-12H2,1H3. The third kappa shape index (κ3) is 3.25. The molecule has 0 atom stereocenters. The Kier molecular flexibility index (Phi) is 4.81. The first-order chi connectivity index (χ1) is 12.0. The van der Waals surface area contributed by atoms with Crippen LogP contribution in [0.1, 0.15) is 46.9 Å². The number of benzene rings is 2. The number of hydrogen-bond acceptors (Lipinski definition) is 4. The normalized spacial score (nSPS) is 13.4. The molecule has 1 heterocycles. The number of nitrogens with zero attached hydrogens (tertiary/aromatic N) is 2. The zero-order valence-electron chi connectivity index (χ0n) is 14.1. The fourth-order valence-corrected chi connectivity index (χ4v) is 3.15. The summed E-state index contributed by atoms with van der Waals surface area (Å²) in [5.41, 5.74) is 1.12. The second kappa shape index (κ2) is 7.03. The van der Waals surface area contributed by atoms with Crippen molar-refractivity contribution in [3.8, 4) is 0 Å². The van der Waals surface area contributed by atoms with Crippen molar-refractivity contribution in [1.29, 1.82) is 0 Å². The summed E-state index contributed by atoms with van der Waals surface area (Å²) >= 11 is 0. The van der Waals surface area contributed by atoms with E-state index in [-0.39, 0.29) is 18.4 Å². The van der Waals surface area contributed by atoms with Crippen LogP contribution >= 0.6 is 0 Å². The summed E-state index contributed by atoms with van der Waals surface area (Å²) in [4.78, 5) is 37.6. The van der Waals surface area contributed by atoms with Gasteiger partial charge in [0.2, 0.25) is 5.91 Å². The molecule has 1 N–H and O–H groups in total. The van der Waals surface area contributed by atoms with Crippen LogP contribution in [0.15, 0.2) is 36.4 Å². The lowest BCUT2D eigenvalue weighted by Crippen LogP contribution is -2.40. The lowest BCUT2D eigenvalue weighted by molar-refractivity contribution is -0.162. The summed E-state index contributed by atoms with van der Waals surface area (Å²) in [5, 5.41) is 11.6. The molecule has 25 heavy (non-hydrogen) atoms. The molecule has 6 heteroatoms. The highest BCUT2D eigenvalue weighted by atomic mass is 16.5. The summed E-state index contributed by atoms with van der Waals surface area (Å²) in [6.07, 6.45) is 1.94. The van der Waals surface area contributed by atoms with Crippen LogP contribution in [0.2, 0.25) is 0 Å². The molecule has 0 radical (unpaired) electrons. The highest BCUT2D eigenvalue weighted by Gasteiger charge is 2.31. The number of hydroxylamine groups is 2. The Morgan fingerprint density at radius 2 is 1.60 bits per heavy atom. The van der Waals surface area contributed by atoms with Crippen molar-refractivity contribution in [2.24, 2.45) is 0 Å². The summed E-state index contributed by atoms with van der Waals surface area (Å²) < 4.78 is 0. The first-order valence-electron chi connectivity index (χ1n) is 8.35. The molecule has 2 aromatic rings. The molecule has 0 aromatic heterocycles. The molecule has 0 fully saturated rings. The molecule has 6 nitrogen and oxygen atoms in total. The van der Waals surface area contributed by atoms with Gasteiger partial charge in [0.05, 0.1) is 0 Å². The Morgan fingerprint density at radius 3 is 2.16 bits per heavy atom. The fraction of sp³-hybridized carbons (Fsp3) is 0.316. The van der Waals surface area contributed by atoms with Gasteiger partial charge in [-0.2, -0.15) is 0 Å². The first kappa shape index (κ1) is 17.1. The summed E-state index contributed by atoms with van der Waals surface area (Å²) in [5.74, 6) is -0.922. The highest BCUT2D eigenvalue weighted by molar-refractivity contribution is 6.25. The Morgan fingerprint density at radius 1 is 1.00 bits per heavy atom. The monoisotopic (exact) mass is 340 g/mol. The number of carbonyl (C=O) groups excluding carboxylic acids is 3. The van der Waals surface area contributed by atoms with Crippen molar-refractivity contribution in [3.63, 3.8) is 0 Å². The van der Waals surface area contributed by atoms with Crippen LogP contribution in [0.3, 0.4) is 0 Å². The van der Waals surface area contributed by atoms with E-state index >= 15 is 0 Å². The molecule has 3 amide bonds. The van der Waals surface area contributed by atoms with E-state index < -0.39 is 5.91 Å². The van der Waals surface area contributed by atoms with E-state index in [1.54, 1.807) is 12.1 Å². The molecule has 0 bridgehead atoms. The molecule has 130 valence electrons. The number of amides is 3. The van der Waals surface area contributed by atoms with E-state index in [0.29, 0.717) is 42.0 Å². The summed E-state index contributed by atoms with van der Waals surface area (Å²) in [6, 6.07) is 11.0. The Bertz CT molecular complexity index is 796. The van der Waals surface area contributed by atoms with Crippen LogP contribution in [-0.4, -0.2) is 46.0 Å². The topological polar surface area (TPSA) is 77.9 Å². The maximum absolute atomic E-state index is 12.7. The molecule has 0 saturated heterocycles. The van der Waals surface area contributed by atoms with Crippen LogP contribution in [-0.2, 0) is 4.79 Å². The number of hydrogen-bond donors (Lipinski definition) is 1. The number of rotatable bonds is 6. The second-order valence-corrected chi connectivity index (χ2v) is 6.17. The van der Waals surface area contributed by atoms with E-state index in [4.69, 9.17) is 0 Å². The van der Waals surface area contributed by atoms with Gasteiger partial charge in [-0.15, -0.1) is 0 Å². The van der Waals surface area contributed by atoms with Gasteiger partial charge in [0, 0.05) is 36.5 Å². The molecule has 0 unspecified atom stereocenters. The van der Waals surface area contributed by atoms with E-state index in [2.05, 4.69) is 0 Å². The lowest BCUT2D eigenvalue weighted by atomic mass is 9.94. The van der Waals surface area contributed by atoms with Crippen LogP contribution in [0.4, 0.5) is 0 Å². The van der Waals surface area contributed by atoms with Crippen molar-refractivity contribution in [1.82, 2.24) is 9.96 Å². The predicted molar refractivity (Wildman–Crippen MR) is 92.3 cm³/mol. The van der Waals surface area contributed by atoms with Gasteiger partial charge < -0.3 is 0 Å². The smallest absolute Gasteiger partial charge is 0.261 e. The van der Waals surface area contributed by atoms with Gasteiger partial charge in [-0.3, -0.25) is 24.5 Å². The first-order valence-corrected chi connectivity index (χ1v) is 8.35. The molecule has 1 aliphatic rings. The third-order valence-electron chi connectivity index (χ3n) is 4.47. The fourth-order valence-electron chi connectivity index (χ4n) is 3.15. The average Bonchev–Trinajstić information content (AvgIpc) is 2.61.